The van der Waals surface area contributed by atoms with Gasteiger partial charge in [0.1, 0.15) is 0 Å². The van der Waals surface area contributed by atoms with Crippen LogP contribution in [0.15, 0.2) is 0 Å². The second kappa shape index (κ2) is 3.14. The third-order valence-corrected chi connectivity index (χ3v) is 3.86. The minimum Gasteiger partial charge on any atom is -0.324 e. The molecule has 1 heterocycles. The molecule has 0 aromatic rings. The highest BCUT2D eigenvalue weighted by atomic mass is 15.4. The van der Waals surface area contributed by atoms with Gasteiger partial charge in [0, 0.05) is 5.92 Å². The topological polar surface area (TPSA) is 0 Å². The van der Waals surface area contributed by atoms with E-state index in [2.05, 4.69) is 27.8 Å². The fraction of sp³-hybridized carbons (Fsp3) is 1.00. The SMILES string of the molecule is CC[N+]1(C)CCCC(C)C1C. The molecule has 0 saturated carbocycles. The summed E-state index contributed by atoms with van der Waals surface area (Å²) < 4.78 is 1.29. The highest BCUT2D eigenvalue weighted by Crippen LogP contribution is 2.27. The number of piperidine rings is 1. The van der Waals surface area contributed by atoms with Gasteiger partial charge in [-0.1, -0.05) is 6.92 Å². The Morgan fingerprint density at radius 1 is 1.36 bits per heavy atom. The molecule has 0 aliphatic carbocycles. The number of nitrogens with zero attached hydrogens (tertiary/aromatic N) is 1. The summed E-state index contributed by atoms with van der Waals surface area (Å²) in [6.07, 6.45) is 2.87. The molecular formula is C10H22N+. The van der Waals surface area contributed by atoms with Crippen molar-refractivity contribution in [2.75, 3.05) is 20.1 Å². The van der Waals surface area contributed by atoms with Crippen LogP contribution in [0.3, 0.4) is 0 Å². The van der Waals surface area contributed by atoms with Gasteiger partial charge in [-0.25, -0.2) is 0 Å². The number of rotatable bonds is 1. The van der Waals surface area contributed by atoms with Gasteiger partial charge in [-0.15, -0.1) is 0 Å². The molecule has 1 rings (SSSR count). The Morgan fingerprint density at radius 2 is 2.00 bits per heavy atom. The minimum atomic E-state index is 0.869. The van der Waals surface area contributed by atoms with Crippen LogP contribution in [0.1, 0.15) is 33.6 Å². The molecular weight excluding hydrogens is 134 g/mol. The predicted molar refractivity (Wildman–Crippen MR) is 49.5 cm³/mol. The molecule has 0 amide bonds. The molecule has 66 valence electrons. The molecule has 1 fully saturated rings. The summed E-state index contributed by atoms with van der Waals surface area (Å²) in [4.78, 5) is 0. The van der Waals surface area contributed by atoms with Crippen molar-refractivity contribution in [3.05, 3.63) is 0 Å². The van der Waals surface area contributed by atoms with Crippen molar-refractivity contribution in [3.8, 4) is 0 Å². The summed E-state index contributed by atoms with van der Waals surface area (Å²) in [6, 6.07) is 0.869. The lowest BCUT2D eigenvalue weighted by Crippen LogP contribution is -2.56. The summed E-state index contributed by atoms with van der Waals surface area (Å²) in [5.41, 5.74) is 0. The second-order valence-corrected chi connectivity index (χ2v) is 4.38. The van der Waals surface area contributed by atoms with Crippen LogP contribution < -0.4 is 0 Å². The lowest BCUT2D eigenvalue weighted by molar-refractivity contribution is -0.938. The van der Waals surface area contributed by atoms with E-state index < -0.39 is 0 Å². The van der Waals surface area contributed by atoms with Gasteiger partial charge in [-0.05, 0) is 26.7 Å². The first kappa shape index (κ1) is 9.05. The molecule has 1 heteroatoms. The number of quaternary nitrogens is 1. The van der Waals surface area contributed by atoms with E-state index >= 15 is 0 Å². The van der Waals surface area contributed by atoms with Crippen LogP contribution in [0.2, 0.25) is 0 Å². The molecule has 0 radical (unpaired) electrons. The van der Waals surface area contributed by atoms with Crippen molar-refractivity contribution in [2.45, 2.75) is 39.7 Å². The Labute approximate surface area is 71.0 Å². The van der Waals surface area contributed by atoms with E-state index in [0.717, 1.165) is 12.0 Å². The van der Waals surface area contributed by atoms with E-state index in [1.165, 1.54) is 30.4 Å². The molecule has 0 N–H and O–H groups in total. The highest BCUT2D eigenvalue weighted by molar-refractivity contribution is 4.67. The normalized spacial score (nSPS) is 45.8. The van der Waals surface area contributed by atoms with Gasteiger partial charge in [0.05, 0.1) is 26.2 Å². The van der Waals surface area contributed by atoms with Crippen molar-refractivity contribution in [1.82, 2.24) is 0 Å². The zero-order valence-corrected chi connectivity index (χ0v) is 8.43. The zero-order chi connectivity index (χ0) is 8.48. The number of likely N-dealkylation sites (tertiary alicyclic amines) is 1. The number of hydrogen-bond donors (Lipinski definition) is 0. The summed E-state index contributed by atoms with van der Waals surface area (Å²) in [5, 5.41) is 0. The molecule has 0 spiro atoms. The molecule has 3 unspecified atom stereocenters. The summed E-state index contributed by atoms with van der Waals surface area (Å²) in [7, 11) is 2.40. The lowest BCUT2D eigenvalue weighted by atomic mass is 9.90. The molecule has 1 aliphatic rings. The highest BCUT2D eigenvalue weighted by Gasteiger charge is 2.34. The standard InChI is InChI=1S/C10H22N/c1-5-11(4)8-6-7-9(2)10(11)3/h9-10H,5-8H2,1-4H3/q+1. The fourth-order valence-electron chi connectivity index (χ4n) is 2.28. The summed E-state index contributed by atoms with van der Waals surface area (Å²) in [6.45, 7) is 9.81. The Bertz CT molecular complexity index is 133. The predicted octanol–water partition coefficient (Wildman–Crippen LogP) is 2.27. The van der Waals surface area contributed by atoms with E-state index in [1.807, 2.05) is 0 Å². The van der Waals surface area contributed by atoms with Crippen molar-refractivity contribution in [1.29, 1.82) is 0 Å². The van der Waals surface area contributed by atoms with E-state index in [1.54, 1.807) is 0 Å². The lowest BCUT2D eigenvalue weighted by Gasteiger charge is -2.45. The van der Waals surface area contributed by atoms with Gasteiger partial charge in [-0.2, -0.15) is 0 Å². The first-order chi connectivity index (χ1) is 5.10. The average Bonchev–Trinajstić information content (AvgIpc) is 2.00. The molecule has 0 aromatic carbocycles. The van der Waals surface area contributed by atoms with E-state index in [9.17, 15) is 0 Å². The van der Waals surface area contributed by atoms with E-state index in [-0.39, 0.29) is 0 Å². The first-order valence-corrected chi connectivity index (χ1v) is 4.94. The summed E-state index contributed by atoms with van der Waals surface area (Å²) >= 11 is 0. The van der Waals surface area contributed by atoms with Crippen molar-refractivity contribution >= 4 is 0 Å². The maximum Gasteiger partial charge on any atom is 0.0885 e. The Balaban J connectivity index is 2.64. The van der Waals surface area contributed by atoms with Crippen molar-refractivity contribution < 1.29 is 4.48 Å². The van der Waals surface area contributed by atoms with Crippen LogP contribution in [-0.4, -0.2) is 30.7 Å². The quantitative estimate of drug-likeness (QED) is 0.511. The molecule has 0 aromatic heterocycles. The van der Waals surface area contributed by atoms with Gasteiger partial charge in [0.25, 0.3) is 0 Å². The Morgan fingerprint density at radius 3 is 2.45 bits per heavy atom. The third-order valence-electron chi connectivity index (χ3n) is 3.86. The molecule has 1 aliphatic heterocycles. The molecule has 0 bridgehead atoms. The molecule has 1 saturated heterocycles. The maximum atomic E-state index is 2.41. The van der Waals surface area contributed by atoms with Gasteiger partial charge in [-0.3, -0.25) is 0 Å². The van der Waals surface area contributed by atoms with E-state index in [4.69, 9.17) is 0 Å². The van der Waals surface area contributed by atoms with Crippen LogP contribution >= 0.6 is 0 Å². The Hall–Kier alpha value is -0.0400. The van der Waals surface area contributed by atoms with Crippen LogP contribution in [0.5, 0.6) is 0 Å². The van der Waals surface area contributed by atoms with Crippen molar-refractivity contribution in [2.24, 2.45) is 5.92 Å². The smallest absolute Gasteiger partial charge is 0.0885 e. The van der Waals surface area contributed by atoms with Gasteiger partial charge in [0.15, 0.2) is 0 Å². The monoisotopic (exact) mass is 156 g/mol. The third kappa shape index (κ3) is 1.58. The van der Waals surface area contributed by atoms with Gasteiger partial charge >= 0.3 is 0 Å². The van der Waals surface area contributed by atoms with Crippen LogP contribution in [0.25, 0.3) is 0 Å². The first-order valence-electron chi connectivity index (χ1n) is 4.94. The van der Waals surface area contributed by atoms with Gasteiger partial charge in [0.2, 0.25) is 0 Å². The van der Waals surface area contributed by atoms with Gasteiger partial charge < -0.3 is 4.48 Å². The molecule has 11 heavy (non-hydrogen) atoms. The average molecular weight is 156 g/mol. The zero-order valence-electron chi connectivity index (χ0n) is 8.43. The van der Waals surface area contributed by atoms with Crippen LogP contribution in [0.4, 0.5) is 0 Å². The fourth-order valence-corrected chi connectivity index (χ4v) is 2.28. The van der Waals surface area contributed by atoms with Crippen LogP contribution in [0, 0.1) is 5.92 Å². The summed E-state index contributed by atoms with van der Waals surface area (Å²) in [5.74, 6) is 0.925. The molecule has 1 nitrogen and oxygen atoms in total. The second-order valence-electron chi connectivity index (χ2n) is 4.38. The van der Waals surface area contributed by atoms with Crippen molar-refractivity contribution in [3.63, 3.8) is 0 Å². The van der Waals surface area contributed by atoms with E-state index in [0.29, 0.717) is 0 Å². The number of hydrogen-bond acceptors (Lipinski definition) is 0. The maximum absolute atomic E-state index is 2.41. The minimum absolute atomic E-state index is 0.869. The molecule has 3 atom stereocenters. The van der Waals surface area contributed by atoms with Crippen LogP contribution in [-0.2, 0) is 0 Å². The Kier molecular flexibility index (Phi) is 2.58. The largest absolute Gasteiger partial charge is 0.324 e.